The van der Waals surface area contributed by atoms with E-state index in [0.717, 1.165) is 4.90 Å². The van der Waals surface area contributed by atoms with Gasteiger partial charge in [-0.2, -0.15) is 0 Å². The van der Waals surface area contributed by atoms with E-state index in [-0.39, 0.29) is 23.5 Å². The largest absolute Gasteiger partial charge is 0.469 e. The Morgan fingerprint density at radius 1 is 1.36 bits per heavy atom. The van der Waals surface area contributed by atoms with Crippen molar-refractivity contribution in [3.8, 4) is 0 Å². The van der Waals surface area contributed by atoms with E-state index in [1.165, 1.54) is 30.2 Å². The van der Waals surface area contributed by atoms with Crippen LogP contribution < -0.4 is 5.32 Å². The Kier molecular flexibility index (Phi) is 5.97. The number of nitrogens with zero attached hydrogens (tertiary/aromatic N) is 1. The molecule has 1 N–H and O–H groups in total. The maximum absolute atomic E-state index is 12.1. The third-order valence-electron chi connectivity index (χ3n) is 2.76. The molecule has 0 aliphatic rings. The minimum absolute atomic E-state index is 0.108. The lowest BCUT2D eigenvalue weighted by atomic mass is 10.3. The number of aromatic nitrogens is 1. The van der Waals surface area contributed by atoms with E-state index in [4.69, 9.17) is 0 Å². The van der Waals surface area contributed by atoms with Crippen LogP contribution in [0.4, 0.5) is 5.13 Å². The van der Waals surface area contributed by atoms with Crippen molar-refractivity contribution in [2.24, 2.45) is 0 Å². The minimum atomic E-state index is -0.351. The van der Waals surface area contributed by atoms with E-state index in [0.29, 0.717) is 10.8 Å². The summed E-state index contributed by atoms with van der Waals surface area (Å²) in [7, 11) is 1.33. The number of thiazole rings is 1. The van der Waals surface area contributed by atoms with Crippen molar-refractivity contribution in [1.82, 2.24) is 4.98 Å². The molecular formula is C15H16N2O3S2. The highest BCUT2D eigenvalue weighted by molar-refractivity contribution is 8.00. The molecule has 0 fully saturated rings. The Bertz CT molecular complexity index is 643. The van der Waals surface area contributed by atoms with Gasteiger partial charge in [0.05, 0.1) is 24.5 Å². The van der Waals surface area contributed by atoms with Crippen molar-refractivity contribution in [1.29, 1.82) is 0 Å². The zero-order chi connectivity index (χ0) is 15.9. The highest BCUT2D eigenvalue weighted by Gasteiger charge is 2.16. The van der Waals surface area contributed by atoms with Gasteiger partial charge in [-0.15, -0.1) is 23.1 Å². The average molecular weight is 336 g/mol. The number of carbonyl (C=O) groups excluding carboxylic acids is 2. The Morgan fingerprint density at radius 2 is 2.09 bits per heavy atom. The van der Waals surface area contributed by atoms with Crippen molar-refractivity contribution in [3.63, 3.8) is 0 Å². The van der Waals surface area contributed by atoms with Gasteiger partial charge >= 0.3 is 5.97 Å². The first kappa shape index (κ1) is 16.5. The molecule has 1 amide bonds. The fourth-order valence-corrected chi connectivity index (χ4v) is 3.23. The monoisotopic (exact) mass is 336 g/mol. The molecule has 1 atom stereocenters. The van der Waals surface area contributed by atoms with Gasteiger partial charge in [0.15, 0.2) is 5.13 Å². The van der Waals surface area contributed by atoms with Gasteiger partial charge < -0.3 is 10.1 Å². The summed E-state index contributed by atoms with van der Waals surface area (Å²) in [5.41, 5.74) is 0.593. The number of rotatable bonds is 6. The van der Waals surface area contributed by atoms with Gasteiger partial charge in [-0.3, -0.25) is 9.59 Å². The molecule has 0 saturated heterocycles. The first-order valence-corrected chi connectivity index (χ1v) is 8.38. The van der Waals surface area contributed by atoms with Crippen molar-refractivity contribution >= 4 is 40.1 Å². The highest BCUT2D eigenvalue weighted by Crippen LogP contribution is 2.24. The topological polar surface area (TPSA) is 68.3 Å². The summed E-state index contributed by atoms with van der Waals surface area (Å²) in [4.78, 5) is 28.6. The second-order valence-corrected chi connectivity index (χ2v) is 6.73. The van der Waals surface area contributed by atoms with Gasteiger partial charge in [0.25, 0.3) is 0 Å². The maximum Gasteiger partial charge on any atom is 0.311 e. The summed E-state index contributed by atoms with van der Waals surface area (Å²) < 4.78 is 4.58. The maximum atomic E-state index is 12.1. The summed E-state index contributed by atoms with van der Waals surface area (Å²) in [5.74, 6) is -0.469. The van der Waals surface area contributed by atoms with Gasteiger partial charge in [0, 0.05) is 10.3 Å². The zero-order valence-corrected chi connectivity index (χ0v) is 13.9. The minimum Gasteiger partial charge on any atom is -0.469 e. The lowest BCUT2D eigenvalue weighted by Crippen LogP contribution is -2.22. The molecule has 116 valence electrons. The standard InChI is InChI=1S/C15H16N2O3S2/c1-10(22-12-6-4-3-5-7-12)14(19)17-15-16-11(9-21-15)8-13(18)20-2/h3-7,9-10H,8H2,1-2H3,(H,16,17,19). The van der Waals surface area contributed by atoms with Gasteiger partial charge in [-0.25, -0.2) is 4.98 Å². The van der Waals surface area contributed by atoms with Crippen LogP contribution in [0.5, 0.6) is 0 Å². The zero-order valence-electron chi connectivity index (χ0n) is 12.2. The van der Waals surface area contributed by atoms with Crippen LogP contribution in [-0.4, -0.2) is 29.2 Å². The van der Waals surface area contributed by atoms with Gasteiger partial charge in [0.2, 0.25) is 5.91 Å². The molecule has 0 saturated carbocycles. The van der Waals surface area contributed by atoms with Crippen LogP contribution in [0.25, 0.3) is 0 Å². The number of nitrogens with one attached hydrogen (secondary N) is 1. The average Bonchev–Trinajstić information content (AvgIpc) is 2.95. The van der Waals surface area contributed by atoms with Gasteiger partial charge in [-0.05, 0) is 19.1 Å². The van der Waals surface area contributed by atoms with E-state index in [9.17, 15) is 9.59 Å². The molecule has 1 aromatic heterocycles. The fourth-order valence-electron chi connectivity index (χ4n) is 1.63. The molecule has 0 aliphatic heterocycles. The molecule has 0 bridgehead atoms. The second kappa shape index (κ2) is 7.95. The summed E-state index contributed by atoms with van der Waals surface area (Å²) in [6.45, 7) is 1.84. The third kappa shape index (κ3) is 4.85. The van der Waals surface area contributed by atoms with Crippen LogP contribution in [0, 0.1) is 0 Å². The second-order valence-electron chi connectivity index (χ2n) is 4.46. The lowest BCUT2D eigenvalue weighted by Gasteiger charge is -2.10. The molecule has 0 spiro atoms. The molecule has 1 unspecified atom stereocenters. The molecule has 2 aromatic rings. The number of thioether (sulfide) groups is 1. The van der Waals surface area contributed by atoms with Crippen molar-refractivity contribution in [2.45, 2.75) is 23.5 Å². The molecule has 5 nitrogen and oxygen atoms in total. The summed E-state index contributed by atoms with van der Waals surface area (Å²) >= 11 is 2.78. The summed E-state index contributed by atoms with van der Waals surface area (Å²) in [5, 5.41) is 4.76. The summed E-state index contributed by atoms with van der Waals surface area (Å²) in [6, 6.07) is 9.74. The van der Waals surface area contributed by atoms with E-state index in [1.54, 1.807) is 5.38 Å². The molecule has 22 heavy (non-hydrogen) atoms. The molecule has 1 aromatic carbocycles. The Hall–Kier alpha value is -1.86. The van der Waals surface area contributed by atoms with E-state index < -0.39 is 0 Å². The predicted octanol–water partition coefficient (Wildman–Crippen LogP) is 2.98. The number of esters is 1. The van der Waals surface area contributed by atoms with Crippen LogP contribution >= 0.6 is 23.1 Å². The molecular weight excluding hydrogens is 320 g/mol. The molecule has 0 aliphatic carbocycles. The van der Waals surface area contributed by atoms with E-state index in [1.807, 2.05) is 37.3 Å². The number of hydrogen-bond donors (Lipinski definition) is 1. The van der Waals surface area contributed by atoms with Crippen LogP contribution in [0.1, 0.15) is 12.6 Å². The molecule has 7 heteroatoms. The van der Waals surface area contributed by atoms with Gasteiger partial charge in [-0.1, -0.05) is 18.2 Å². The molecule has 2 rings (SSSR count). The number of hydrogen-bond acceptors (Lipinski definition) is 6. The first-order chi connectivity index (χ1) is 10.6. The normalized spacial score (nSPS) is 11.7. The fraction of sp³-hybridized carbons (Fsp3) is 0.267. The number of amides is 1. The van der Waals surface area contributed by atoms with Crippen LogP contribution in [0.15, 0.2) is 40.6 Å². The van der Waals surface area contributed by atoms with Crippen molar-refractivity contribution < 1.29 is 14.3 Å². The lowest BCUT2D eigenvalue weighted by molar-refractivity contribution is -0.139. The van der Waals surface area contributed by atoms with E-state index in [2.05, 4.69) is 15.0 Å². The van der Waals surface area contributed by atoms with Crippen LogP contribution in [0.2, 0.25) is 0 Å². The smallest absolute Gasteiger partial charge is 0.311 e. The van der Waals surface area contributed by atoms with Crippen LogP contribution in [0.3, 0.4) is 0 Å². The van der Waals surface area contributed by atoms with Crippen molar-refractivity contribution in [2.75, 3.05) is 12.4 Å². The Labute approximate surface area is 137 Å². The Balaban J connectivity index is 1.90. The molecule has 0 radical (unpaired) electrons. The SMILES string of the molecule is COC(=O)Cc1csc(NC(=O)C(C)Sc2ccccc2)n1. The van der Waals surface area contributed by atoms with Crippen LogP contribution in [-0.2, 0) is 20.7 Å². The predicted molar refractivity (Wildman–Crippen MR) is 88.2 cm³/mol. The number of carbonyl (C=O) groups is 2. The number of anilines is 1. The van der Waals surface area contributed by atoms with Gasteiger partial charge in [0.1, 0.15) is 0 Å². The van der Waals surface area contributed by atoms with E-state index >= 15 is 0 Å². The van der Waals surface area contributed by atoms with Crippen molar-refractivity contribution in [3.05, 3.63) is 41.4 Å². The number of benzene rings is 1. The first-order valence-electron chi connectivity index (χ1n) is 6.62. The number of methoxy groups -OCH3 is 1. The third-order valence-corrected chi connectivity index (χ3v) is 4.68. The highest BCUT2D eigenvalue weighted by atomic mass is 32.2. The summed E-state index contributed by atoms with van der Waals surface area (Å²) in [6.07, 6.45) is 0.108. The molecule has 1 heterocycles. The number of ether oxygens (including phenoxy) is 1. The Morgan fingerprint density at radius 3 is 2.77 bits per heavy atom. The quantitative estimate of drug-likeness (QED) is 0.649.